The van der Waals surface area contributed by atoms with Gasteiger partial charge in [-0.3, -0.25) is 14.5 Å². The van der Waals surface area contributed by atoms with E-state index in [2.05, 4.69) is 15.4 Å². The lowest BCUT2D eigenvalue weighted by molar-refractivity contribution is -0.115. The number of aromatic nitrogens is 3. The molecule has 2 N–H and O–H groups in total. The molecule has 0 saturated heterocycles. The number of rotatable bonds is 6. The molecule has 1 amide bonds. The molecule has 0 saturated carbocycles. The molecule has 35 heavy (non-hydrogen) atoms. The number of nitrogens with one attached hydrogen (secondary N) is 1. The molecule has 2 heterocycles. The first-order chi connectivity index (χ1) is 16.5. The van der Waals surface area contributed by atoms with Gasteiger partial charge < -0.3 is 15.2 Å². The molecule has 8 nitrogen and oxygen atoms in total. The zero-order valence-electron chi connectivity index (χ0n) is 19.8. The molecule has 0 aliphatic rings. The third-order valence-electron chi connectivity index (χ3n) is 5.37. The average Bonchev–Trinajstić information content (AvgIpc) is 3.25. The number of hydrogen-bond acceptors (Lipinski definition) is 5. The second-order valence-electron chi connectivity index (χ2n) is 9.24. The van der Waals surface area contributed by atoms with Gasteiger partial charge in [0.2, 0.25) is 5.91 Å². The summed E-state index contributed by atoms with van der Waals surface area (Å²) in [6.45, 7) is 7.68. The van der Waals surface area contributed by atoms with E-state index in [1.54, 1.807) is 42.2 Å². The molecule has 9 heteroatoms. The minimum Gasteiger partial charge on any atom is -0.478 e. The van der Waals surface area contributed by atoms with Crippen molar-refractivity contribution in [2.24, 2.45) is 0 Å². The second-order valence-corrected chi connectivity index (χ2v) is 9.24. The van der Waals surface area contributed by atoms with Crippen LogP contribution < -0.4 is 10.1 Å². The van der Waals surface area contributed by atoms with E-state index in [9.17, 15) is 14.7 Å². The number of carboxylic acid groups (broad SMARTS) is 1. The highest BCUT2D eigenvalue weighted by atomic mass is 19.1. The number of carbonyl (C=O) groups excluding carboxylic acids is 1. The van der Waals surface area contributed by atoms with Crippen molar-refractivity contribution in [3.05, 3.63) is 77.5 Å². The van der Waals surface area contributed by atoms with Gasteiger partial charge in [0.25, 0.3) is 0 Å². The number of aryl methyl sites for hydroxylation is 1. The molecule has 0 aliphatic heterocycles. The summed E-state index contributed by atoms with van der Waals surface area (Å²) in [5.74, 6) is -1.74. The van der Waals surface area contributed by atoms with Gasteiger partial charge in [-0.15, -0.1) is 0 Å². The molecule has 0 aliphatic carbocycles. The van der Waals surface area contributed by atoms with Gasteiger partial charge in [-0.25, -0.2) is 9.18 Å². The van der Waals surface area contributed by atoms with E-state index < -0.39 is 11.8 Å². The van der Waals surface area contributed by atoms with Crippen molar-refractivity contribution in [2.75, 3.05) is 5.32 Å². The summed E-state index contributed by atoms with van der Waals surface area (Å²) in [6, 6.07) is 8.94. The number of amides is 1. The highest BCUT2D eigenvalue weighted by molar-refractivity contribution is 5.95. The first kappa shape index (κ1) is 23.9. The van der Waals surface area contributed by atoms with Crippen LogP contribution >= 0.6 is 0 Å². The molecular formula is C26H25FN4O4. The number of anilines is 1. The van der Waals surface area contributed by atoms with E-state index in [-0.39, 0.29) is 34.9 Å². The molecule has 180 valence electrons. The van der Waals surface area contributed by atoms with Gasteiger partial charge in [0.05, 0.1) is 34.9 Å². The van der Waals surface area contributed by atoms with Crippen molar-refractivity contribution in [3.8, 4) is 11.5 Å². The van der Waals surface area contributed by atoms with Gasteiger partial charge in [0, 0.05) is 17.8 Å². The normalized spacial score (nSPS) is 11.5. The maximum atomic E-state index is 15.0. The standard InChI is InChI=1S/C26H25FN4O4/c1-15-9-16(11-23(32)30-18-13-29-31(14-18)26(2,3)4)10-20(27)24(15)35-22-7-8-28-21-6-5-17(25(33)34)12-19(21)22/h5-10,12-14H,11H2,1-4H3,(H,30,32)(H,33,34). The van der Waals surface area contributed by atoms with E-state index in [4.69, 9.17) is 4.74 Å². The van der Waals surface area contributed by atoms with Crippen LogP contribution in [0.2, 0.25) is 0 Å². The highest BCUT2D eigenvalue weighted by Gasteiger charge is 2.17. The zero-order valence-corrected chi connectivity index (χ0v) is 19.8. The SMILES string of the molecule is Cc1cc(CC(=O)Nc2cnn(C(C)(C)C)c2)cc(F)c1Oc1ccnc2ccc(C(=O)O)cc12. The van der Waals surface area contributed by atoms with Gasteiger partial charge in [-0.1, -0.05) is 6.07 Å². The third-order valence-corrected chi connectivity index (χ3v) is 5.37. The molecule has 4 aromatic rings. The van der Waals surface area contributed by atoms with Crippen LogP contribution in [-0.2, 0) is 16.8 Å². The first-order valence-electron chi connectivity index (χ1n) is 11.0. The fourth-order valence-corrected chi connectivity index (χ4v) is 3.63. The quantitative estimate of drug-likeness (QED) is 0.391. The van der Waals surface area contributed by atoms with Crippen molar-refractivity contribution in [2.45, 2.75) is 39.7 Å². The molecule has 2 aromatic carbocycles. The molecule has 0 spiro atoms. The Morgan fingerprint density at radius 3 is 2.60 bits per heavy atom. The van der Waals surface area contributed by atoms with Gasteiger partial charge in [0.1, 0.15) is 5.75 Å². The van der Waals surface area contributed by atoms with Crippen LogP contribution in [0.1, 0.15) is 42.3 Å². The van der Waals surface area contributed by atoms with Crippen LogP contribution in [0.25, 0.3) is 10.9 Å². The summed E-state index contributed by atoms with van der Waals surface area (Å²) in [6.07, 6.45) is 4.79. The van der Waals surface area contributed by atoms with Crippen LogP contribution in [0.3, 0.4) is 0 Å². The Morgan fingerprint density at radius 1 is 1.17 bits per heavy atom. The van der Waals surface area contributed by atoms with E-state index >= 15 is 4.39 Å². The Labute approximate surface area is 201 Å². The van der Waals surface area contributed by atoms with Crippen LogP contribution in [0.5, 0.6) is 11.5 Å². The van der Waals surface area contributed by atoms with Crippen LogP contribution in [0.15, 0.2) is 55.0 Å². The minimum absolute atomic E-state index is 0.00570. The molecule has 0 atom stereocenters. The Hall–Kier alpha value is -4.27. The van der Waals surface area contributed by atoms with Gasteiger partial charge >= 0.3 is 5.97 Å². The molecule has 4 rings (SSSR count). The number of aromatic carboxylic acids is 1. The lowest BCUT2D eigenvalue weighted by Gasteiger charge is -2.18. The lowest BCUT2D eigenvalue weighted by atomic mass is 10.1. The van der Waals surface area contributed by atoms with E-state index in [1.165, 1.54) is 24.4 Å². The molecule has 0 unspecified atom stereocenters. The number of nitrogens with zero attached hydrogens (tertiary/aromatic N) is 3. The number of carboxylic acids is 1. The van der Waals surface area contributed by atoms with Gasteiger partial charge in [-0.2, -0.15) is 5.10 Å². The number of halogens is 1. The number of carbonyl (C=O) groups is 2. The number of ether oxygens (including phenoxy) is 1. The fraction of sp³-hybridized carbons (Fsp3) is 0.231. The van der Waals surface area contributed by atoms with Crippen molar-refractivity contribution >= 4 is 28.5 Å². The van der Waals surface area contributed by atoms with Gasteiger partial charge in [-0.05, 0) is 69.2 Å². The summed E-state index contributed by atoms with van der Waals surface area (Å²) in [4.78, 5) is 28.1. The number of pyridine rings is 1. The zero-order chi connectivity index (χ0) is 25.3. The van der Waals surface area contributed by atoms with Crippen molar-refractivity contribution in [1.29, 1.82) is 0 Å². The average molecular weight is 477 g/mol. The predicted octanol–water partition coefficient (Wildman–Crippen LogP) is 5.31. The summed E-state index contributed by atoms with van der Waals surface area (Å²) in [5.41, 5.74) is 1.92. The smallest absolute Gasteiger partial charge is 0.335 e. The van der Waals surface area contributed by atoms with Crippen LogP contribution in [-0.4, -0.2) is 31.7 Å². The molecule has 0 fully saturated rings. The summed E-state index contributed by atoms with van der Waals surface area (Å²) >= 11 is 0. The maximum absolute atomic E-state index is 15.0. The molecule has 2 aromatic heterocycles. The monoisotopic (exact) mass is 476 g/mol. The van der Waals surface area contributed by atoms with Crippen molar-refractivity contribution in [3.63, 3.8) is 0 Å². The van der Waals surface area contributed by atoms with Crippen molar-refractivity contribution < 1.29 is 23.8 Å². The Balaban J connectivity index is 1.53. The first-order valence-corrected chi connectivity index (χ1v) is 11.0. The number of fused-ring (bicyclic) bond motifs is 1. The van der Waals surface area contributed by atoms with Crippen LogP contribution in [0.4, 0.5) is 10.1 Å². The van der Waals surface area contributed by atoms with E-state index in [0.717, 1.165) is 0 Å². The number of hydrogen-bond donors (Lipinski definition) is 2. The Bertz CT molecular complexity index is 1420. The summed E-state index contributed by atoms with van der Waals surface area (Å²) < 4.78 is 22.6. The van der Waals surface area contributed by atoms with Crippen molar-refractivity contribution in [1.82, 2.24) is 14.8 Å². The van der Waals surface area contributed by atoms with E-state index in [1.807, 2.05) is 20.8 Å². The maximum Gasteiger partial charge on any atom is 0.335 e. The third kappa shape index (κ3) is 5.29. The Morgan fingerprint density at radius 2 is 1.94 bits per heavy atom. The highest BCUT2D eigenvalue weighted by Crippen LogP contribution is 2.33. The largest absolute Gasteiger partial charge is 0.478 e. The predicted molar refractivity (Wildman–Crippen MR) is 129 cm³/mol. The molecular weight excluding hydrogens is 451 g/mol. The number of benzene rings is 2. The van der Waals surface area contributed by atoms with Crippen LogP contribution in [0, 0.1) is 12.7 Å². The molecule has 0 bridgehead atoms. The van der Waals surface area contributed by atoms with E-state index in [0.29, 0.717) is 27.7 Å². The lowest BCUT2D eigenvalue weighted by Crippen LogP contribution is -2.22. The second kappa shape index (κ2) is 9.17. The Kier molecular flexibility index (Phi) is 6.26. The fourth-order valence-electron chi connectivity index (χ4n) is 3.63. The minimum atomic E-state index is -1.09. The topological polar surface area (TPSA) is 106 Å². The van der Waals surface area contributed by atoms with Gasteiger partial charge in [0.15, 0.2) is 11.6 Å². The molecule has 0 radical (unpaired) electrons. The summed E-state index contributed by atoms with van der Waals surface area (Å²) in [7, 11) is 0. The summed E-state index contributed by atoms with van der Waals surface area (Å²) in [5, 5.41) is 16.8.